The molecule has 1 atom stereocenters. The summed E-state index contributed by atoms with van der Waals surface area (Å²) in [6.45, 7) is 1.96. The largest absolute Gasteiger partial charge is 0.424 e. The molecule has 3 nitrogen and oxygen atoms in total. The van der Waals surface area contributed by atoms with Crippen LogP contribution in [-0.4, -0.2) is 5.97 Å². The molecule has 0 aliphatic carbocycles. The fourth-order valence-corrected chi connectivity index (χ4v) is 1.65. The van der Waals surface area contributed by atoms with Gasteiger partial charge in [-0.2, -0.15) is 0 Å². The van der Waals surface area contributed by atoms with Crippen molar-refractivity contribution in [1.82, 2.24) is 0 Å². The van der Waals surface area contributed by atoms with Gasteiger partial charge in [0.2, 0.25) is 0 Å². The van der Waals surface area contributed by atoms with Crippen LogP contribution in [0.4, 0.5) is 5.69 Å². The molecule has 68 valence electrons. The summed E-state index contributed by atoms with van der Waals surface area (Å²) < 4.78 is 5.08. The quantitative estimate of drug-likeness (QED) is 0.403. The third-order valence-corrected chi connectivity index (χ3v) is 2.35. The topological polar surface area (TPSA) is 52.3 Å². The first-order valence-corrected chi connectivity index (χ1v) is 4.34. The molecule has 0 saturated heterocycles. The van der Waals surface area contributed by atoms with Crippen LogP contribution in [0.25, 0.3) is 0 Å². The van der Waals surface area contributed by atoms with Gasteiger partial charge < -0.3 is 10.5 Å². The van der Waals surface area contributed by atoms with Crippen LogP contribution in [0.5, 0.6) is 5.75 Å². The van der Waals surface area contributed by atoms with Crippen LogP contribution in [0.3, 0.4) is 0 Å². The van der Waals surface area contributed by atoms with E-state index in [0.29, 0.717) is 11.4 Å². The lowest BCUT2D eigenvalue weighted by atomic mass is 9.98. The van der Waals surface area contributed by atoms with E-state index in [2.05, 4.69) is 0 Å². The third kappa shape index (κ3) is 1.08. The monoisotopic (exact) mass is 177 g/mol. The van der Waals surface area contributed by atoms with Crippen LogP contribution in [0, 0.1) is 0 Å². The SMILES string of the molecule is CCC1C(=O)Oc2c(N)cccc21. The molecule has 0 radical (unpaired) electrons. The van der Waals surface area contributed by atoms with E-state index in [0.717, 1.165) is 12.0 Å². The molecule has 2 rings (SSSR count). The Morgan fingerprint density at radius 1 is 1.54 bits per heavy atom. The van der Waals surface area contributed by atoms with Gasteiger partial charge >= 0.3 is 5.97 Å². The number of anilines is 1. The van der Waals surface area contributed by atoms with Gasteiger partial charge in [0.15, 0.2) is 5.75 Å². The molecule has 2 N–H and O–H groups in total. The van der Waals surface area contributed by atoms with Gasteiger partial charge in [-0.15, -0.1) is 0 Å². The normalized spacial score (nSPS) is 19.8. The van der Waals surface area contributed by atoms with Gasteiger partial charge in [0.1, 0.15) is 0 Å². The molecular formula is C10H11NO2. The van der Waals surface area contributed by atoms with Crippen LogP contribution in [-0.2, 0) is 4.79 Å². The number of carbonyl (C=O) groups is 1. The van der Waals surface area contributed by atoms with Gasteiger partial charge in [-0.25, -0.2) is 0 Å². The van der Waals surface area contributed by atoms with E-state index in [1.165, 1.54) is 0 Å². The van der Waals surface area contributed by atoms with Gasteiger partial charge in [0, 0.05) is 5.56 Å². The molecule has 0 bridgehead atoms. The van der Waals surface area contributed by atoms with Gasteiger partial charge in [0.05, 0.1) is 11.6 Å². The number of esters is 1. The minimum absolute atomic E-state index is 0.126. The molecule has 1 aromatic rings. The number of hydrogen-bond acceptors (Lipinski definition) is 3. The predicted octanol–water partition coefficient (Wildman–Crippen LogP) is 1.68. The average molecular weight is 177 g/mol. The molecule has 0 saturated carbocycles. The van der Waals surface area contributed by atoms with E-state index >= 15 is 0 Å². The van der Waals surface area contributed by atoms with Crippen LogP contribution < -0.4 is 10.5 Å². The smallest absolute Gasteiger partial charge is 0.319 e. The van der Waals surface area contributed by atoms with Gasteiger partial charge in [0.25, 0.3) is 0 Å². The lowest BCUT2D eigenvalue weighted by Gasteiger charge is -2.02. The maximum Gasteiger partial charge on any atom is 0.319 e. The second kappa shape index (κ2) is 2.76. The third-order valence-electron chi connectivity index (χ3n) is 2.35. The van der Waals surface area contributed by atoms with Crippen molar-refractivity contribution in [3.8, 4) is 5.75 Å². The summed E-state index contributed by atoms with van der Waals surface area (Å²) in [6, 6.07) is 5.48. The molecule has 1 unspecified atom stereocenters. The average Bonchev–Trinajstić information content (AvgIpc) is 2.43. The Morgan fingerprint density at radius 3 is 3.00 bits per heavy atom. The maximum atomic E-state index is 11.3. The molecule has 0 fully saturated rings. The lowest BCUT2D eigenvalue weighted by Crippen LogP contribution is -2.08. The summed E-state index contributed by atoms with van der Waals surface area (Å²) in [5.74, 6) is 0.244. The zero-order valence-electron chi connectivity index (χ0n) is 7.41. The first kappa shape index (κ1) is 8.10. The first-order valence-electron chi connectivity index (χ1n) is 4.34. The number of benzene rings is 1. The van der Waals surface area contributed by atoms with Gasteiger partial charge in [-0.1, -0.05) is 19.1 Å². The minimum Gasteiger partial charge on any atom is -0.424 e. The van der Waals surface area contributed by atoms with Crippen LogP contribution in [0.1, 0.15) is 24.8 Å². The van der Waals surface area contributed by atoms with Crippen molar-refractivity contribution in [2.24, 2.45) is 0 Å². The molecule has 0 spiro atoms. The highest BCUT2D eigenvalue weighted by Gasteiger charge is 2.32. The highest BCUT2D eigenvalue weighted by molar-refractivity contribution is 5.88. The number of rotatable bonds is 1. The molecule has 13 heavy (non-hydrogen) atoms. The second-order valence-electron chi connectivity index (χ2n) is 3.15. The lowest BCUT2D eigenvalue weighted by molar-refractivity contribution is -0.134. The number of nitrogen functional groups attached to an aromatic ring is 1. The summed E-state index contributed by atoms with van der Waals surface area (Å²) >= 11 is 0. The number of hydrogen-bond donors (Lipinski definition) is 1. The standard InChI is InChI=1S/C10H11NO2/c1-2-6-7-4-3-5-8(11)9(7)13-10(6)12/h3-6H,2,11H2,1H3. The minimum atomic E-state index is -0.185. The van der Waals surface area contributed by atoms with Gasteiger partial charge in [-0.3, -0.25) is 4.79 Å². The van der Waals surface area contributed by atoms with Gasteiger partial charge in [-0.05, 0) is 12.5 Å². The van der Waals surface area contributed by atoms with E-state index in [-0.39, 0.29) is 11.9 Å². The summed E-state index contributed by atoms with van der Waals surface area (Å²) in [5, 5.41) is 0. The Labute approximate surface area is 76.5 Å². The zero-order chi connectivity index (χ0) is 9.42. The molecule has 1 aromatic carbocycles. The zero-order valence-corrected chi connectivity index (χ0v) is 7.41. The predicted molar refractivity (Wildman–Crippen MR) is 49.5 cm³/mol. The van der Waals surface area contributed by atoms with E-state index in [1.54, 1.807) is 6.07 Å². The number of para-hydroxylation sites is 1. The number of fused-ring (bicyclic) bond motifs is 1. The Morgan fingerprint density at radius 2 is 2.31 bits per heavy atom. The van der Waals surface area contributed by atoms with Crippen molar-refractivity contribution in [2.75, 3.05) is 5.73 Å². The Bertz CT molecular complexity index is 360. The van der Waals surface area contributed by atoms with Crippen LogP contribution in [0.2, 0.25) is 0 Å². The molecule has 0 aromatic heterocycles. The van der Waals surface area contributed by atoms with Crippen molar-refractivity contribution in [3.63, 3.8) is 0 Å². The van der Waals surface area contributed by atoms with E-state index in [9.17, 15) is 4.79 Å². The molecular weight excluding hydrogens is 166 g/mol. The van der Waals surface area contributed by atoms with Crippen molar-refractivity contribution in [3.05, 3.63) is 23.8 Å². The number of nitrogens with two attached hydrogens (primary N) is 1. The maximum absolute atomic E-state index is 11.3. The molecule has 1 aliphatic rings. The van der Waals surface area contributed by atoms with E-state index in [1.807, 2.05) is 19.1 Å². The van der Waals surface area contributed by atoms with Crippen molar-refractivity contribution in [1.29, 1.82) is 0 Å². The second-order valence-corrected chi connectivity index (χ2v) is 3.15. The molecule has 3 heteroatoms. The van der Waals surface area contributed by atoms with E-state index < -0.39 is 0 Å². The fourth-order valence-electron chi connectivity index (χ4n) is 1.65. The molecule has 1 aliphatic heterocycles. The van der Waals surface area contributed by atoms with Crippen molar-refractivity contribution in [2.45, 2.75) is 19.3 Å². The Balaban J connectivity index is 2.54. The van der Waals surface area contributed by atoms with Crippen LogP contribution in [0.15, 0.2) is 18.2 Å². The fraction of sp³-hybridized carbons (Fsp3) is 0.300. The van der Waals surface area contributed by atoms with E-state index in [4.69, 9.17) is 10.5 Å². The first-order chi connectivity index (χ1) is 6.24. The Hall–Kier alpha value is -1.51. The Kier molecular flexibility index (Phi) is 1.72. The van der Waals surface area contributed by atoms with Crippen LogP contribution >= 0.6 is 0 Å². The number of ether oxygens (including phenoxy) is 1. The van der Waals surface area contributed by atoms with Crippen molar-refractivity contribution >= 4 is 11.7 Å². The molecule has 0 amide bonds. The van der Waals surface area contributed by atoms with Crippen molar-refractivity contribution < 1.29 is 9.53 Å². The summed E-state index contributed by atoms with van der Waals surface area (Å²) in [5.41, 5.74) is 7.14. The highest BCUT2D eigenvalue weighted by Crippen LogP contribution is 2.40. The summed E-state index contributed by atoms with van der Waals surface area (Å²) in [7, 11) is 0. The summed E-state index contributed by atoms with van der Waals surface area (Å²) in [4.78, 5) is 11.3. The molecule has 1 heterocycles. The summed E-state index contributed by atoms with van der Waals surface area (Å²) in [6.07, 6.45) is 0.759. The highest BCUT2D eigenvalue weighted by atomic mass is 16.5. The number of carbonyl (C=O) groups excluding carboxylic acids is 1.